The maximum Gasteiger partial charge on any atom is 0.168 e. The van der Waals surface area contributed by atoms with Gasteiger partial charge >= 0.3 is 0 Å². The minimum atomic E-state index is -0.482. The Morgan fingerprint density at radius 3 is 2.64 bits per heavy atom. The van der Waals surface area contributed by atoms with E-state index in [0.717, 1.165) is 57.8 Å². The van der Waals surface area contributed by atoms with Gasteiger partial charge in [0.1, 0.15) is 0 Å². The van der Waals surface area contributed by atoms with Crippen molar-refractivity contribution in [3.05, 3.63) is 29.1 Å². The molecule has 0 aromatic heterocycles. The number of phenols is 1. The fraction of sp³-hybridized carbons (Fsp3) is 0.647. The molecule has 0 spiro atoms. The molecule has 1 aromatic rings. The first-order valence-electron chi connectivity index (χ1n) is 8.19. The summed E-state index contributed by atoms with van der Waals surface area (Å²) in [5.74, 6) is -0.250. The third kappa shape index (κ3) is 3.12. The van der Waals surface area contributed by atoms with Crippen molar-refractivity contribution < 1.29 is 14.2 Å². The molecule has 3 rings (SSSR count). The van der Waals surface area contributed by atoms with E-state index in [0.29, 0.717) is 11.5 Å². The van der Waals surface area contributed by atoms with Crippen LogP contribution in [0.25, 0.3) is 0 Å². The predicted molar refractivity (Wildman–Crippen MR) is 83.5 cm³/mol. The van der Waals surface area contributed by atoms with Crippen LogP contribution in [-0.2, 0) is 4.74 Å². The second kappa shape index (κ2) is 6.94. The molecule has 2 saturated heterocycles. The van der Waals surface area contributed by atoms with Crippen LogP contribution in [0.15, 0.2) is 12.1 Å². The maximum atomic E-state index is 14.2. The van der Waals surface area contributed by atoms with Crippen molar-refractivity contribution >= 4 is 0 Å². The number of aryl methyl sites for hydroxylation is 1. The van der Waals surface area contributed by atoms with Crippen molar-refractivity contribution in [1.82, 2.24) is 10.2 Å². The van der Waals surface area contributed by atoms with Crippen LogP contribution in [0.5, 0.6) is 5.75 Å². The van der Waals surface area contributed by atoms with Gasteiger partial charge in [0.05, 0.1) is 0 Å². The largest absolute Gasteiger partial charge is 0.505 e. The van der Waals surface area contributed by atoms with Gasteiger partial charge < -0.3 is 15.2 Å². The molecule has 22 heavy (non-hydrogen) atoms. The van der Waals surface area contributed by atoms with Crippen LogP contribution in [0, 0.1) is 18.7 Å². The van der Waals surface area contributed by atoms with Gasteiger partial charge in [0, 0.05) is 51.0 Å². The highest BCUT2D eigenvalue weighted by Crippen LogP contribution is 2.40. The fourth-order valence-corrected chi connectivity index (χ4v) is 3.66. The zero-order valence-electron chi connectivity index (χ0n) is 13.1. The Morgan fingerprint density at radius 1 is 1.27 bits per heavy atom. The first-order valence-corrected chi connectivity index (χ1v) is 8.19. The first-order chi connectivity index (χ1) is 10.7. The Kier molecular flexibility index (Phi) is 4.96. The smallest absolute Gasteiger partial charge is 0.168 e. The van der Waals surface area contributed by atoms with E-state index in [4.69, 9.17) is 4.74 Å². The van der Waals surface area contributed by atoms with E-state index in [9.17, 15) is 9.50 Å². The summed E-state index contributed by atoms with van der Waals surface area (Å²) < 4.78 is 19.7. The molecule has 0 bridgehead atoms. The van der Waals surface area contributed by atoms with E-state index in [1.807, 2.05) is 6.07 Å². The van der Waals surface area contributed by atoms with Crippen molar-refractivity contribution in [1.29, 1.82) is 0 Å². The Hall–Kier alpha value is -1.17. The van der Waals surface area contributed by atoms with Gasteiger partial charge in [0.2, 0.25) is 0 Å². The molecule has 0 radical (unpaired) electrons. The fourth-order valence-electron chi connectivity index (χ4n) is 3.66. The zero-order valence-corrected chi connectivity index (χ0v) is 13.1. The number of rotatable bonds is 3. The number of hydrogen-bond donors (Lipinski definition) is 2. The summed E-state index contributed by atoms with van der Waals surface area (Å²) in [5.41, 5.74) is 1.23. The number of benzene rings is 1. The van der Waals surface area contributed by atoms with Crippen LogP contribution < -0.4 is 5.32 Å². The molecule has 122 valence electrons. The summed E-state index contributed by atoms with van der Waals surface area (Å²) in [7, 11) is 0. The molecule has 2 aliphatic rings. The van der Waals surface area contributed by atoms with E-state index in [1.165, 1.54) is 0 Å². The standard InChI is InChI=1S/C17H25FN2O2/c1-12-2-3-14(17(21)15(12)18)16(13-4-10-22-11-5-13)20-8-6-19-7-9-20/h2-3,13,16,19,21H,4-11H2,1H3/t16-/m1/s1. The number of phenolic OH excluding ortho intramolecular Hbond substituents is 1. The quantitative estimate of drug-likeness (QED) is 0.899. The summed E-state index contributed by atoms with van der Waals surface area (Å²) >= 11 is 0. The molecule has 0 saturated carbocycles. The number of piperazine rings is 1. The monoisotopic (exact) mass is 308 g/mol. The molecule has 2 fully saturated rings. The van der Waals surface area contributed by atoms with Gasteiger partial charge in [-0.15, -0.1) is 0 Å². The third-order valence-corrected chi connectivity index (χ3v) is 4.92. The topological polar surface area (TPSA) is 44.7 Å². The highest BCUT2D eigenvalue weighted by Gasteiger charge is 2.33. The molecule has 1 atom stereocenters. The molecule has 2 heterocycles. The lowest BCUT2D eigenvalue weighted by molar-refractivity contribution is 0.0205. The molecule has 2 aliphatic heterocycles. The van der Waals surface area contributed by atoms with Crippen molar-refractivity contribution in [2.24, 2.45) is 5.92 Å². The van der Waals surface area contributed by atoms with Crippen molar-refractivity contribution in [3.8, 4) is 5.75 Å². The Labute approximate surface area is 131 Å². The van der Waals surface area contributed by atoms with Gasteiger partial charge in [-0.05, 0) is 31.2 Å². The highest BCUT2D eigenvalue weighted by molar-refractivity contribution is 5.40. The van der Waals surface area contributed by atoms with Gasteiger partial charge in [0.25, 0.3) is 0 Å². The van der Waals surface area contributed by atoms with Gasteiger partial charge in [-0.3, -0.25) is 4.90 Å². The Bertz CT molecular complexity index is 494. The van der Waals surface area contributed by atoms with E-state index >= 15 is 0 Å². The molecular formula is C17H25FN2O2. The SMILES string of the molecule is Cc1ccc([C@@H](C2CCOCC2)N2CCNCC2)c(O)c1F. The summed E-state index contributed by atoms with van der Waals surface area (Å²) in [5, 5.41) is 13.7. The van der Waals surface area contributed by atoms with E-state index < -0.39 is 5.82 Å². The molecule has 1 aromatic carbocycles. The molecule has 0 aliphatic carbocycles. The van der Waals surface area contributed by atoms with Crippen LogP contribution in [0.2, 0.25) is 0 Å². The van der Waals surface area contributed by atoms with Gasteiger partial charge in [-0.1, -0.05) is 12.1 Å². The Balaban J connectivity index is 1.94. The van der Waals surface area contributed by atoms with Gasteiger partial charge in [-0.25, -0.2) is 4.39 Å². The zero-order chi connectivity index (χ0) is 15.5. The summed E-state index contributed by atoms with van der Waals surface area (Å²) in [6.07, 6.45) is 1.92. The molecule has 5 heteroatoms. The molecule has 0 unspecified atom stereocenters. The number of ether oxygens (including phenoxy) is 1. The minimum Gasteiger partial charge on any atom is -0.505 e. The second-order valence-electron chi connectivity index (χ2n) is 6.31. The minimum absolute atomic E-state index is 0.0705. The lowest BCUT2D eigenvalue weighted by Crippen LogP contribution is -2.47. The normalized spacial score (nSPS) is 22.6. The van der Waals surface area contributed by atoms with Crippen molar-refractivity contribution in [2.45, 2.75) is 25.8 Å². The first kappa shape index (κ1) is 15.7. The lowest BCUT2D eigenvalue weighted by atomic mass is 9.84. The second-order valence-corrected chi connectivity index (χ2v) is 6.31. The number of nitrogens with zero attached hydrogens (tertiary/aromatic N) is 1. The summed E-state index contributed by atoms with van der Waals surface area (Å²) in [6.45, 7) is 6.93. The average Bonchev–Trinajstić information content (AvgIpc) is 2.57. The molecule has 0 amide bonds. The van der Waals surface area contributed by atoms with Crippen LogP contribution in [-0.4, -0.2) is 49.4 Å². The maximum absolute atomic E-state index is 14.2. The van der Waals surface area contributed by atoms with Crippen LogP contribution in [0.1, 0.15) is 30.0 Å². The van der Waals surface area contributed by atoms with E-state index in [2.05, 4.69) is 10.2 Å². The van der Waals surface area contributed by atoms with Gasteiger partial charge in [-0.2, -0.15) is 0 Å². The van der Waals surface area contributed by atoms with Crippen LogP contribution >= 0.6 is 0 Å². The summed E-state index contributed by atoms with van der Waals surface area (Å²) in [6, 6.07) is 3.75. The number of hydrogen-bond acceptors (Lipinski definition) is 4. The number of aromatic hydroxyl groups is 1. The predicted octanol–water partition coefficient (Wildman–Crippen LogP) is 2.21. The Morgan fingerprint density at radius 2 is 1.95 bits per heavy atom. The molecule has 2 N–H and O–H groups in total. The van der Waals surface area contributed by atoms with Gasteiger partial charge in [0.15, 0.2) is 11.6 Å². The van der Waals surface area contributed by atoms with E-state index in [1.54, 1.807) is 13.0 Å². The van der Waals surface area contributed by atoms with E-state index in [-0.39, 0.29) is 11.8 Å². The van der Waals surface area contributed by atoms with Crippen LogP contribution in [0.4, 0.5) is 4.39 Å². The number of nitrogens with one attached hydrogen (secondary N) is 1. The van der Waals surface area contributed by atoms with Crippen molar-refractivity contribution in [2.75, 3.05) is 39.4 Å². The molecular weight excluding hydrogens is 283 g/mol. The third-order valence-electron chi connectivity index (χ3n) is 4.92. The van der Waals surface area contributed by atoms with Crippen LogP contribution in [0.3, 0.4) is 0 Å². The lowest BCUT2D eigenvalue weighted by Gasteiger charge is -2.41. The summed E-state index contributed by atoms with van der Waals surface area (Å²) in [4.78, 5) is 2.39. The highest BCUT2D eigenvalue weighted by atomic mass is 19.1. The van der Waals surface area contributed by atoms with Crippen molar-refractivity contribution in [3.63, 3.8) is 0 Å². The number of halogens is 1. The molecule has 4 nitrogen and oxygen atoms in total. The average molecular weight is 308 g/mol.